The van der Waals surface area contributed by atoms with E-state index in [-0.39, 0.29) is 5.82 Å². The molecule has 4 rings (SSSR count). The molecule has 3 nitrogen and oxygen atoms in total. The van der Waals surface area contributed by atoms with Crippen LogP contribution in [-0.4, -0.2) is 22.8 Å². The third-order valence-electron chi connectivity index (χ3n) is 4.57. The van der Waals surface area contributed by atoms with Gasteiger partial charge in [0.25, 0.3) is 0 Å². The molecule has 0 aliphatic carbocycles. The van der Waals surface area contributed by atoms with Crippen molar-refractivity contribution < 1.29 is 4.39 Å². The summed E-state index contributed by atoms with van der Waals surface area (Å²) in [6.07, 6.45) is 9.57. The highest BCUT2D eigenvalue weighted by atomic mass is 19.1. The number of hydrogen-bond donors (Lipinski definition) is 0. The maximum absolute atomic E-state index is 12.1. The fraction of sp³-hybridized carbons (Fsp3) is 0.120. The number of pyridine rings is 1. The summed E-state index contributed by atoms with van der Waals surface area (Å²) in [6.45, 7) is 4.03. The lowest BCUT2D eigenvalue weighted by Crippen LogP contribution is -1.92. The fourth-order valence-corrected chi connectivity index (χ4v) is 2.92. The highest BCUT2D eigenvalue weighted by Crippen LogP contribution is 2.24. The van der Waals surface area contributed by atoms with Crippen LogP contribution in [0, 0.1) is 12.7 Å². The monoisotopic (exact) mass is 385 g/mol. The van der Waals surface area contributed by atoms with Crippen LogP contribution in [0.4, 0.5) is 4.39 Å². The van der Waals surface area contributed by atoms with E-state index in [1.165, 1.54) is 34.2 Å². The van der Waals surface area contributed by atoms with Gasteiger partial charge in [0.1, 0.15) is 5.82 Å². The normalized spacial score (nSPS) is 11.5. The van der Waals surface area contributed by atoms with Crippen molar-refractivity contribution in [3.05, 3.63) is 102 Å². The molecule has 0 fully saturated rings. The highest BCUT2D eigenvalue weighted by molar-refractivity contribution is 5.89. The number of allylic oxidation sites excluding steroid dienone is 2. The summed E-state index contributed by atoms with van der Waals surface area (Å²) in [4.78, 5) is 8.08. The Hall–Kier alpha value is -3.53. The van der Waals surface area contributed by atoms with E-state index < -0.39 is 0 Å². The lowest BCUT2D eigenvalue weighted by Gasteiger charge is -2.07. The highest BCUT2D eigenvalue weighted by Gasteiger charge is 2.05. The first kappa shape index (κ1) is 20.2. The number of halogens is 1. The Labute approximate surface area is 170 Å². The molecule has 0 aliphatic rings. The molecule has 0 aliphatic heterocycles. The van der Waals surface area contributed by atoms with Crippen molar-refractivity contribution in [2.24, 2.45) is 4.99 Å². The van der Waals surface area contributed by atoms with Gasteiger partial charge < -0.3 is 4.57 Å². The van der Waals surface area contributed by atoms with Crippen LogP contribution in [0.15, 0.2) is 90.3 Å². The molecule has 2 aromatic carbocycles. The van der Waals surface area contributed by atoms with Gasteiger partial charge in [-0.1, -0.05) is 29.8 Å². The molecule has 29 heavy (non-hydrogen) atoms. The third kappa shape index (κ3) is 5.26. The van der Waals surface area contributed by atoms with Crippen molar-refractivity contribution in [1.82, 2.24) is 9.55 Å². The predicted octanol–water partition coefficient (Wildman–Crippen LogP) is 6.26. The van der Waals surface area contributed by atoms with Crippen molar-refractivity contribution >= 4 is 22.7 Å². The van der Waals surface area contributed by atoms with Gasteiger partial charge in [0.15, 0.2) is 0 Å². The van der Waals surface area contributed by atoms with Crippen molar-refractivity contribution in [3.8, 4) is 5.69 Å². The van der Waals surface area contributed by atoms with Gasteiger partial charge in [0.2, 0.25) is 0 Å². The second kappa shape index (κ2) is 9.60. The van der Waals surface area contributed by atoms with Gasteiger partial charge in [-0.25, -0.2) is 4.39 Å². The molecule has 0 radical (unpaired) electrons. The quantitative estimate of drug-likeness (QED) is 0.383. The third-order valence-corrected chi connectivity index (χ3v) is 4.57. The topological polar surface area (TPSA) is 30.2 Å². The van der Waals surface area contributed by atoms with E-state index in [0.29, 0.717) is 0 Å². The van der Waals surface area contributed by atoms with Gasteiger partial charge in [-0.05, 0) is 72.8 Å². The predicted molar refractivity (Wildman–Crippen MR) is 120 cm³/mol. The first-order valence-corrected chi connectivity index (χ1v) is 9.41. The number of aromatic nitrogens is 2. The maximum Gasteiger partial charge on any atom is 0.123 e. The average Bonchev–Trinajstić information content (AvgIpc) is 3.18. The molecule has 0 atom stereocenters. The van der Waals surface area contributed by atoms with Crippen LogP contribution in [0.2, 0.25) is 0 Å². The first-order chi connectivity index (χ1) is 14.1. The van der Waals surface area contributed by atoms with E-state index >= 15 is 0 Å². The fourth-order valence-electron chi connectivity index (χ4n) is 2.92. The Morgan fingerprint density at radius 2 is 1.72 bits per heavy atom. The van der Waals surface area contributed by atoms with Crippen LogP contribution in [0.25, 0.3) is 22.2 Å². The second-order valence-corrected chi connectivity index (χ2v) is 6.72. The number of nitrogens with zero attached hydrogens (tertiary/aromatic N) is 3. The zero-order valence-corrected chi connectivity index (χ0v) is 16.9. The molecule has 2 aromatic heterocycles. The van der Waals surface area contributed by atoms with E-state index in [1.807, 2.05) is 43.7 Å². The lowest BCUT2D eigenvalue weighted by molar-refractivity contribution is 0.627. The van der Waals surface area contributed by atoms with Gasteiger partial charge in [-0.2, -0.15) is 0 Å². The van der Waals surface area contributed by atoms with E-state index in [4.69, 9.17) is 0 Å². The molecular weight excluding hydrogens is 361 g/mol. The molecule has 0 amide bonds. The van der Waals surface area contributed by atoms with E-state index in [2.05, 4.69) is 51.9 Å². The smallest absolute Gasteiger partial charge is 0.123 e. The summed E-state index contributed by atoms with van der Waals surface area (Å²) in [5.74, 6) is -0.171. The van der Waals surface area contributed by atoms with Gasteiger partial charge in [0.05, 0.1) is 5.52 Å². The number of rotatable bonds is 3. The molecule has 0 saturated carbocycles. The minimum absolute atomic E-state index is 0.171. The SMILES string of the molecule is CN=C/C=C(\C)c1ccc2ccn(-c3ccncc3)c2c1.Cc1ccc(F)cc1. The molecule has 146 valence electrons. The van der Waals surface area contributed by atoms with Crippen LogP contribution >= 0.6 is 0 Å². The van der Waals surface area contributed by atoms with Gasteiger partial charge in [-0.15, -0.1) is 0 Å². The van der Waals surface area contributed by atoms with E-state index in [1.54, 1.807) is 19.2 Å². The number of aryl methyl sites for hydroxylation is 1. The molecule has 2 heterocycles. The summed E-state index contributed by atoms with van der Waals surface area (Å²) in [6, 6.07) is 19.1. The second-order valence-electron chi connectivity index (χ2n) is 6.72. The lowest BCUT2D eigenvalue weighted by atomic mass is 10.1. The first-order valence-electron chi connectivity index (χ1n) is 9.41. The molecule has 0 spiro atoms. The minimum atomic E-state index is -0.171. The largest absolute Gasteiger partial charge is 0.316 e. The van der Waals surface area contributed by atoms with Gasteiger partial charge in [0, 0.05) is 37.5 Å². The Kier molecular flexibility index (Phi) is 6.69. The Bertz CT molecular complexity index is 1100. The van der Waals surface area contributed by atoms with Crippen LogP contribution in [0.5, 0.6) is 0 Å². The molecule has 0 N–H and O–H groups in total. The van der Waals surface area contributed by atoms with Gasteiger partial charge >= 0.3 is 0 Å². The minimum Gasteiger partial charge on any atom is -0.316 e. The summed E-state index contributed by atoms with van der Waals surface area (Å²) >= 11 is 0. The Morgan fingerprint density at radius 3 is 2.38 bits per heavy atom. The van der Waals surface area contributed by atoms with Crippen molar-refractivity contribution in [2.75, 3.05) is 7.05 Å². The summed E-state index contributed by atoms with van der Waals surface area (Å²) in [7, 11) is 1.78. The summed E-state index contributed by atoms with van der Waals surface area (Å²) in [5, 5.41) is 1.23. The van der Waals surface area contributed by atoms with Crippen molar-refractivity contribution in [3.63, 3.8) is 0 Å². The molecule has 0 saturated heterocycles. The van der Waals surface area contributed by atoms with Crippen LogP contribution < -0.4 is 0 Å². The van der Waals surface area contributed by atoms with Crippen molar-refractivity contribution in [1.29, 1.82) is 0 Å². The van der Waals surface area contributed by atoms with Gasteiger partial charge in [-0.3, -0.25) is 9.98 Å². The Morgan fingerprint density at radius 1 is 1.00 bits per heavy atom. The standard InChI is InChI=1S/C18H17N3.C7H7F/c1-14(5-9-19-2)16-4-3-15-8-12-21(18(15)13-16)17-6-10-20-11-7-17;1-6-2-4-7(8)5-3-6/h3-13H,1-2H3;2-5H,1H3/b14-5+,19-9?;. The van der Waals surface area contributed by atoms with Crippen LogP contribution in [0.1, 0.15) is 18.1 Å². The summed E-state index contributed by atoms with van der Waals surface area (Å²) < 4.78 is 14.3. The van der Waals surface area contributed by atoms with Crippen LogP contribution in [0.3, 0.4) is 0 Å². The van der Waals surface area contributed by atoms with Crippen LogP contribution in [-0.2, 0) is 0 Å². The number of hydrogen-bond acceptors (Lipinski definition) is 2. The zero-order valence-electron chi connectivity index (χ0n) is 16.9. The molecule has 4 heteroatoms. The average molecular weight is 385 g/mol. The summed E-state index contributed by atoms with van der Waals surface area (Å²) in [5.41, 5.74) is 5.81. The number of aliphatic imine (C=N–C) groups is 1. The van der Waals surface area contributed by atoms with E-state index in [0.717, 1.165) is 11.3 Å². The van der Waals surface area contributed by atoms with Crippen molar-refractivity contribution in [2.45, 2.75) is 13.8 Å². The van der Waals surface area contributed by atoms with E-state index in [9.17, 15) is 4.39 Å². The molecule has 0 bridgehead atoms. The zero-order chi connectivity index (χ0) is 20.6. The molecular formula is C25H24FN3. The molecule has 0 unspecified atom stereocenters. The molecule has 4 aromatic rings. The maximum atomic E-state index is 12.1. The number of benzene rings is 2. The number of fused-ring (bicyclic) bond motifs is 1. The Balaban J connectivity index is 0.000000252.